The third-order valence-electron chi connectivity index (χ3n) is 7.64. The quantitative estimate of drug-likeness (QED) is 0.276. The highest BCUT2D eigenvalue weighted by atomic mass is 16.6. The molecule has 2 aromatic carbocycles. The van der Waals surface area contributed by atoms with E-state index in [0.29, 0.717) is 70.7 Å². The Labute approximate surface area is 254 Å². The third-order valence-corrected chi connectivity index (χ3v) is 7.64. The summed E-state index contributed by atoms with van der Waals surface area (Å²) < 4.78 is 24.3. The number of hydrogen-bond acceptors (Lipinski definition) is 10. The number of nitriles is 1. The molecule has 1 saturated heterocycles. The number of ether oxygens (including phenoxy) is 4. The number of carbonyl (C=O) groups excluding carboxylic acids is 2. The zero-order valence-corrected chi connectivity index (χ0v) is 24.7. The summed E-state index contributed by atoms with van der Waals surface area (Å²) in [5, 5.41) is 20.3. The van der Waals surface area contributed by atoms with Gasteiger partial charge in [0, 0.05) is 30.9 Å². The molecule has 0 atom stereocenters. The standard InChI is InChI=1S/C32H32N6O6/c1-20-25(36-31(40)42-16-13-37-11-14-41-15-12-37)19-38-28(20)27(21(17-33)18-34-38)35-22-7-9-23(10-8-22)43-26-6-4-5-24-29(26)44-32(2,3)30(24)39/h4-10,18-19,35H,11-16H2,1-3H3,(H,36,40). The Morgan fingerprint density at radius 3 is 2.68 bits per heavy atom. The predicted octanol–water partition coefficient (Wildman–Crippen LogP) is 5.28. The summed E-state index contributed by atoms with van der Waals surface area (Å²) >= 11 is 0. The zero-order valence-electron chi connectivity index (χ0n) is 24.7. The molecule has 6 rings (SSSR count). The SMILES string of the molecule is Cc1c(NC(=O)OCCN2CCOCC2)cn2ncc(C#N)c(Nc3ccc(Oc4cccc5c4OC(C)(C)C5=O)cc3)c12. The van der Waals surface area contributed by atoms with Gasteiger partial charge in [-0.3, -0.25) is 15.0 Å². The molecular formula is C32H32N6O6. The number of morpholine rings is 1. The van der Waals surface area contributed by atoms with Gasteiger partial charge in [0.05, 0.1) is 53.6 Å². The van der Waals surface area contributed by atoms with Crippen LogP contribution in [-0.4, -0.2) is 71.4 Å². The Bertz CT molecular complexity index is 1770. The van der Waals surface area contributed by atoms with E-state index >= 15 is 0 Å². The Hall–Kier alpha value is -5.12. The van der Waals surface area contributed by atoms with Crippen molar-refractivity contribution in [2.24, 2.45) is 0 Å². The number of ketones is 1. The summed E-state index contributed by atoms with van der Waals surface area (Å²) in [5.41, 5.74) is 3.00. The van der Waals surface area contributed by atoms with Crippen LogP contribution in [0.2, 0.25) is 0 Å². The molecule has 1 amide bonds. The van der Waals surface area contributed by atoms with Crippen LogP contribution in [0.25, 0.3) is 5.52 Å². The lowest BCUT2D eigenvalue weighted by Gasteiger charge is -2.26. The molecule has 2 aromatic heterocycles. The molecule has 0 bridgehead atoms. The van der Waals surface area contributed by atoms with E-state index < -0.39 is 11.7 Å². The van der Waals surface area contributed by atoms with Crippen molar-refractivity contribution in [3.63, 3.8) is 0 Å². The van der Waals surface area contributed by atoms with Gasteiger partial charge in [-0.1, -0.05) is 6.07 Å². The van der Waals surface area contributed by atoms with Crippen molar-refractivity contribution in [2.45, 2.75) is 26.4 Å². The molecule has 4 aromatic rings. The molecular weight excluding hydrogens is 564 g/mol. The Morgan fingerprint density at radius 1 is 1.16 bits per heavy atom. The molecule has 0 spiro atoms. The van der Waals surface area contributed by atoms with Crippen LogP contribution in [0, 0.1) is 18.3 Å². The summed E-state index contributed by atoms with van der Waals surface area (Å²) in [4.78, 5) is 27.3. The van der Waals surface area contributed by atoms with E-state index in [4.69, 9.17) is 18.9 Å². The van der Waals surface area contributed by atoms with Gasteiger partial charge in [-0.15, -0.1) is 0 Å². The van der Waals surface area contributed by atoms with Crippen molar-refractivity contribution in [3.8, 4) is 23.3 Å². The normalized spacial score (nSPS) is 15.7. The lowest BCUT2D eigenvalue weighted by molar-refractivity contribution is 0.0290. The number of para-hydroxylation sites is 1. The average molecular weight is 597 g/mol. The fourth-order valence-electron chi connectivity index (χ4n) is 5.25. The van der Waals surface area contributed by atoms with Crippen molar-refractivity contribution < 1.29 is 28.5 Å². The smallest absolute Gasteiger partial charge is 0.411 e. The summed E-state index contributed by atoms with van der Waals surface area (Å²) in [6, 6.07) is 14.6. The molecule has 12 heteroatoms. The molecule has 2 N–H and O–H groups in total. The Kier molecular flexibility index (Phi) is 7.82. The van der Waals surface area contributed by atoms with Gasteiger partial charge in [0.15, 0.2) is 17.1 Å². The number of anilines is 3. The van der Waals surface area contributed by atoms with E-state index in [1.165, 1.54) is 6.20 Å². The number of nitrogens with zero attached hydrogens (tertiary/aromatic N) is 4. The molecule has 0 unspecified atom stereocenters. The Balaban J connectivity index is 1.17. The number of aromatic nitrogens is 2. The van der Waals surface area contributed by atoms with Crippen molar-refractivity contribution >= 4 is 34.5 Å². The number of aryl methyl sites for hydroxylation is 1. The topological polar surface area (TPSA) is 139 Å². The number of fused-ring (bicyclic) bond motifs is 2. The second-order valence-electron chi connectivity index (χ2n) is 11.0. The molecule has 2 aliphatic rings. The lowest BCUT2D eigenvalue weighted by Crippen LogP contribution is -2.38. The van der Waals surface area contributed by atoms with Crippen molar-refractivity contribution in [1.29, 1.82) is 5.26 Å². The van der Waals surface area contributed by atoms with Crippen LogP contribution in [0.15, 0.2) is 54.9 Å². The minimum atomic E-state index is -0.945. The number of nitrogens with one attached hydrogen (secondary N) is 2. The van der Waals surface area contributed by atoms with Crippen LogP contribution < -0.4 is 20.1 Å². The fourth-order valence-corrected chi connectivity index (χ4v) is 5.25. The van der Waals surface area contributed by atoms with E-state index in [2.05, 4.69) is 26.7 Å². The summed E-state index contributed by atoms with van der Waals surface area (Å²) in [5.74, 6) is 1.33. The summed E-state index contributed by atoms with van der Waals surface area (Å²) in [6.45, 7) is 9.20. The van der Waals surface area contributed by atoms with Gasteiger partial charge >= 0.3 is 6.09 Å². The van der Waals surface area contributed by atoms with Gasteiger partial charge in [-0.2, -0.15) is 10.4 Å². The van der Waals surface area contributed by atoms with Crippen molar-refractivity contribution in [2.75, 3.05) is 50.1 Å². The Morgan fingerprint density at radius 2 is 1.93 bits per heavy atom. The number of rotatable bonds is 8. The van der Waals surface area contributed by atoms with E-state index in [1.54, 1.807) is 54.9 Å². The van der Waals surface area contributed by atoms with E-state index in [1.807, 2.05) is 19.1 Å². The minimum Gasteiger partial charge on any atom is -0.475 e. The molecule has 0 saturated carbocycles. The van der Waals surface area contributed by atoms with Crippen LogP contribution in [-0.2, 0) is 9.47 Å². The lowest BCUT2D eigenvalue weighted by atomic mass is 10.00. The van der Waals surface area contributed by atoms with Crippen LogP contribution >= 0.6 is 0 Å². The fraction of sp³-hybridized carbons (Fsp3) is 0.312. The maximum absolute atomic E-state index is 12.6. The van der Waals surface area contributed by atoms with Gasteiger partial charge < -0.3 is 24.3 Å². The second-order valence-corrected chi connectivity index (χ2v) is 11.0. The maximum Gasteiger partial charge on any atom is 0.411 e. The van der Waals surface area contributed by atoms with E-state index in [-0.39, 0.29) is 12.4 Å². The van der Waals surface area contributed by atoms with Crippen molar-refractivity contribution in [1.82, 2.24) is 14.5 Å². The highest BCUT2D eigenvalue weighted by Crippen LogP contribution is 2.43. The number of hydrogen-bond donors (Lipinski definition) is 2. The molecule has 0 aliphatic carbocycles. The van der Waals surface area contributed by atoms with Gasteiger partial charge in [0.1, 0.15) is 18.4 Å². The monoisotopic (exact) mass is 596 g/mol. The van der Waals surface area contributed by atoms with Crippen LogP contribution in [0.1, 0.15) is 35.3 Å². The first kappa shape index (κ1) is 29.0. The van der Waals surface area contributed by atoms with Crippen LogP contribution in [0.5, 0.6) is 17.2 Å². The second kappa shape index (κ2) is 11.9. The highest BCUT2D eigenvalue weighted by Gasteiger charge is 2.41. The van der Waals surface area contributed by atoms with Crippen LogP contribution in [0.3, 0.4) is 0 Å². The summed E-state index contributed by atoms with van der Waals surface area (Å²) in [7, 11) is 0. The molecule has 4 heterocycles. The third kappa shape index (κ3) is 5.75. The van der Waals surface area contributed by atoms with E-state index in [9.17, 15) is 14.9 Å². The summed E-state index contributed by atoms with van der Waals surface area (Å²) in [6.07, 6.45) is 2.59. The average Bonchev–Trinajstić information content (AvgIpc) is 3.46. The molecule has 44 heavy (non-hydrogen) atoms. The molecule has 0 radical (unpaired) electrons. The van der Waals surface area contributed by atoms with Gasteiger partial charge in [-0.05, 0) is 57.2 Å². The largest absolute Gasteiger partial charge is 0.475 e. The maximum atomic E-state index is 12.6. The first-order chi connectivity index (χ1) is 21.2. The molecule has 12 nitrogen and oxygen atoms in total. The van der Waals surface area contributed by atoms with Crippen LogP contribution in [0.4, 0.5) is 21.9 Å². The molecule has 226 valence electrons. The predicted molar refractivity (Wildman–Crippen MR) is 162 cm³/mol. The van der Waals surface area contributed by atoms with Gasteiger partial charge in [0.2, 0.25) is 5.78 Å². The number of amides is 1. The van der Waals surface area contributed by atoms with Gasteiger partial charge in [0.25, 0.3) is 0 Å². The molecule has 1 fully saturated rings. The minimum absolute atomic E-state index is 0.0887. The number of benzene rings is 2. The van der Waals surface area contributed by atoms with E-state index in [0.717, 1.165) is 18.7 Å². The molecule has 2 aliphatic heterocycles. The highest BCUT2D eigenvalue weighted by molar-refractivity contribution is 6.07. The van der Waals surface area contributed by atoms with Crippen molar-refractivity contribution in [3.05, 3.63) is 71.5 Å². The number of carbonyl (C=O) groups is 2. The zero-order chi connectivity index (χ0) is 30.8. The number of Topliss-reactive ketones (excluding diaryl/α,β-unsaturated/α-hetero) is 1. The first-order valence-electron chi connectivity index (χ1n) is 14.3. The van der Waals surface area contributed by atoms with Gasteiger partial charge in [-0.25, -0.2) is 9.31 Å². The first-order valence-corrected chi connectivity index (χ1v) is 14.3.